The molecule has 5 nitrogen and oxygen atoms in total. The number of nitro groups is 1. The molecule has 18 heavy (non-hydrogen) atoms. The minimum atomic E-state index is -0.379. The summed E-state index contributed by atoms with van der Waals surface area (Å²) in [7, 11) is 0. The molecule has 0 aliphatic heterocycles. The number of nitrogens with zero attached hydrogens (tertiary/aromatic N) is 1. The van der Waals surface area contributed by atoms with Gasteiger partial charge in [0.15, 0.2) is 3.77 Å². The molecule has 2 aromatic rings. The van der Waals surface area contributed by atoms with Crippen LogP contribution in [0, 0.1) is 20.8 Å². The van der Waals surface area contributed by atoms with E-state index in [-0.39, 0.29) is 10.6 Å². The van der Waals surface area contributed by atoms with Gasteiger partial charge >= 0.3 is 0 Å². The van der Waals surface area contributed by atoms with Crippen molar-refractivity contribution in [2.45, 2.75) is 13.5 Å². The lowest BCUT2D eigenvalue weighted by Gasteiger charge is -2.05. The summed E-state index contributed by atoms with van der Waals surface area (Å²) in [4.78, 5) is 10.4. The number of hydrogen-bond acceptors (Lipinski definition) is 4. The molecule has 0 amide bonds. The van der Waals surface area contributed by atoms with Crippen molar-refractivity contribution < 1.29 is 9.34 Å². The van der Waals surface area contributed by atoms with Crippen molar-refractivity contribution in [1.82, 2.24) is 0 Å². The number of nitrogens with one attached hydrogen (secondary N) is 1. The molecule has 1 N–H and O–H groups in total. The smallest absolute Gasteiger partial charge is 0.274 e. The van der Waals surface area contributed by atoms with Gasteiger partial charge in [-0.2, -0.15) is 0 Å². The van der Waals surface area contributed by atoms with Crippen LogP contribution in [-0.2, 0) is 6.54 Å². The lowest BCUT2D eigenvalue weighted by molar-refractivity contribution is -0.385. The summed E-state index contributed by atoms with van der Waals surface area (Å²) in [6.45, 7) is 2.22. The Morgan fingerprint density at radius 1 is 1.39 bits per heavy atom. The Kier molecular flexibility index (Phi) is 3.85. The van der Waals surface area contributed by atoms with E-state index < -0.39 is 0 Å². The van der Waals surface area contributed by atoms with Crippen molar-refractivity contribution in [2.24, 2.45) is 0 Å². The molecule has 0 atom stereocenters. The molecule has 1 heterocycles. The van der Waals surface area contributed by atoms with E-state index in [1.165, 1.54) is 6.07 Å². The van der Waals surface area contributed by atoms with Crippen LogP contribution in [0.1, 0.15) is 11.3 Å². The number of rotatable bonds is 4. The van der Waals surface area contributed by atoms with Crippen molar-refractivity contribution in [3.05, 3.63) is 55.5 Å². The van der Waals surface area contributed by atoms with Gasteiger partial charge in [0.25, 0.3) is 5.69 Å². The largest absolute Gasteiger partial charge is 0.454 e. The number of nitro benzene ring substituents is 1. The van der Waals surface area contributed by atoms with Gasteiger partial charge in [0.05, 0.1) is 11.5 Å². The summed E-state index contributed by atoms with van der Waals surface area (Å²) in [5.74, 6) is 0.794. The van der Waals surface area contributed by atoms with E-state index in [4.69, 9.17) is 4.42 Å². The second-order valence-electron chi connectivity index (χ2n) is 3.82. The van der Waals surface area contributed by atoms with Crippen molar-refractivity contribution in [2.75, 3.05) is 5.32 Å². The average molecular weight is 358 g/mol. The maximum atomic E-state index is 10.8. The number of aryl methyl sites for hydroxylation is 1. The first kappa shape index (κ1) is 12.9. The highest BCUT2D eigenvalue weighted by Gasteiger charge is 2.10. The molecular weight excluding hydrogens is 347 g/mol. The molecule has 0 spiro atoms. The Hall–Kier alpha value is -1.57. The van der Waals surface area contributed by atoms with Gasteiger partial charge in [-0.3, -0.25) is 10.1 Å². The molecule has 2 rings (SSSR count). The van der Waals surface area contributed by atoms with Gasteiger partial charge in [0.1, 0.15) is 5.76 Å². The molecule has 0 aliphatic carbocycles. The van der Waals surface area contributed by atoms with Crippen LogP contribution in [0.15, 0.2) is 34.7 Å². The van der Waals surface area contributed by atoms with Gasteiger partial charge in [-0.15, -0.1) is 0 Å². The topological polar surface area (TPSA) is 68.3 Å². The molecular formula is C12H11IN2O3. The van der Waals surface area contributed by atoms with Crippen molar-refractivity contribution in [3.8, 4) is 0 Å². The molecule has 0 bridgehead atoms. The Labute approximate surface area is 117 Å². The fourth-order valence-corrected chi connectivity index (χ4v) is 2.01. The van der Waals surface area contributed by atoms with Crippen LogP contribution >= 0.6 is 22.6 Å². The molecule has 0 unspecified atom stereocenters. The highest BCUT2D eigenvalue weighted by Crippen LogP contribution is 2.22. The van der Waals surface area contributed by atoms with Gasteiger partial charge in [0, 0.05) is 17.3 Å². The van der Waals surface area contributed by atoms with E-state index in [2.05, 4.69) is 27.9 Å². The molecule has 0 saturated heterocycles. The van der Waals surface area contributed by atoms with Crippen molar-refractivity contribution in [1.29, 1.82) is 0 Å². The molecule has 1 aromatic carbocycles. The van der Waals surface area contributed by atoms with Gasteiger partial charge in [-0.05, 0) is 47.7 Å². The van der Waals surface area contributed by atoms with E-state index in [9.17, 15) is 10.1 Å². The van der Waals surface area contributed by atoms with Crippen LogP contribution in [-0.4, -0.2) is 4.92 Å². The summed E-state index contributed by atoms with van der Waals surface area (Å²) < 4.78 is 6.22. The van der Waals surface area contributed by atoms with E-state index >= 15 is 0 Å². The number of hydrogen-bond donors (Lipinski definition) is 1. The first-order valence-electron chi connectivity index (χ1n) is 5.29. The van der Waals surface area contributed by atoms with Crippen LogP contribution in [0.4, 0.5) is 11.4 Å². The maximum absolute atomic E-state index is 10.8. The summed E-state index contributed by atoms with van der Waals surface area (Å²) in [5, 5.41) is 13.9. The minimum absolute atomic E-state index is 0.119. The second-order valence-corrected chi connectivity index (χ2v) is 4.88. The number of furan rings is 1. The third kappa shape index (κ3) is 3.00. The predicted octanol–water partition coefficient (Wildman–Crippen LogP) is 3.71. The molecule has 6 heteroatoms. The first-order chi connectivity index (χ1) is 8.56. The summed E-state index contributed by atoms with van der Waals surface area (Å²) in [6, 6.07) is 8.82. The number of anilines is 1. The summed E-state index contributed by atoms with van der Waals surface area (Å²) >= 11 is 2.09. The zero-order valence-corrected chi connectivity index (χ0v) is 11.8. The molecule has 0 saturated carbocycles. The fourth-order valence-electron chi connectivity index (χ4n) is 1.55. The molecule has 0 aliphatic rings. The highest BCUT2D eigenvalue weighted by atomic mass is 127. The zero-order chi connectivity index (χ0) is 13.1. The SMILES string of the molecule is Cc1ccc(NCc2ccc(I)o2)cc1[N+](=O)[O-]. The number of halogens is 1. The van der Waals surface area contributed by atoms with Crippen molar-refractivity contribution in [3.63, 3.8) is 0 Å². The Morgan fingerprint density at radius 2 is 2.17 bits per heavy atom. The van der Waals surface area contributed by atoms with Gasteiger partial charge in [-0.25, -0.2) is 0 Å². The molecule has 0 radical (unpaired) electrons. The van der Waals surface area contributed by atoms with Crippen LogP contribution in [0.2, 0.25) is 0 Å². The Morgan fingerprint density at radius 3 is 2.78 bits per heavy atom. The fraction of sp³-hybridized carbons (Fsp3) is 0.167. The summed E-state index contributed by atoms with van der Waals surface area (Å²) in [6.07, 6.45) is 0. The maximum Gasteiger partial charge on any atom is 0.274 e. The normalized spacial score (nSPS) is 10.3. The monoisotopic (exact) mass is 358 g/mol. The third-order valence-corrected chi connectivity index (χ3v) is 3.08. The molecule has 0 fully saturated rings. The summed E-state index contributed by atoms with van der Waals surface area (Å²) in [5.41, 5.74) is 1.48. The highest BCUT2D eigenvalue weighted by molar-refractivity contribution is 14.1. The quantitative estimate of drug-likeness (QED) is 0.514. The van der Waals surface area contributed by atoms with E-state index in [1.807, 2.05) is 18.2 Å². The van der Waals surface area contributed by atoms with Gasteiger partial charge in [0.2, 0.25) is 0 Å². The lowest BCUT2D eigenvalue weighted by Crippen LogP contribution is -2.00. The van der Waals surface area contributed by atoms with Crippen LogP contribution in [0.25, 0.3) is 0 Å². The van der Waals surface area contributed by atoms with Crippen LogP contribution in [0.3, 0.4) is 0 Å². The van der Waals surface area contributed by atoms with Gasteiger partial charge in [-0.1, -0.05) is 6.07 Å². The lowest BCUT2D eigenvalue weighted by atomic mass is 10.2. The van der Waals surface area contributed by atoms with E-state index in [1.54, 1.807) is 13.0 Å². The zero-order valence-electron chi connectivity index (χ0n) is 9.64. The van der Waals surface area contributed by atoms with Crippen LogP contribution in [0.5, 0.6) is 0 Å². The Bertz CT molecular complexity index is 580. The number of benzene rings is 1. The first-order valence-corrected chi connectivity index (χ1v) is 6.37. The van der Waals surface area contributed by atoms with E-state index in [0.717, 1.165) is 9.53 Å². The minimum Gasteiger partial charge on any atom is -0.454 e. The average Bonchev–Trinajstić information content (AvgIpc) is 2.74. The molecule has 94 valence electrons. The van der Waals surface area contributed by atoms with Crippen molar-refractivity contribution >= 4 is 34.0 Å². The predicted molar refractivity (Wildman–Crippen MR) is 76.6 cm³/mol. The Balaban J connectivity index is 2.10. The third-order valence-electron chi connectivity index (χ3n) is 2.50. The molecule has 1 aromatic heterocycles. The standard InChI is InChI=1S/C12H11IN2O3/c1-8-2-3-9(6-11(8)15(16)17)14-7-10-4-5-12(13)18-10/h2-6,14H,7H2,1H3. The van der Waals surface area contributed by atoms with Crippen LogP contribution < -0.4 is 5.32 Å². The van der Waals surface area contributed by atoms with Gasteiger partial charge < -0.3 is 9.73 Å². The van der Waals surface area contributed by atoms with E-state index in [0.29, 0.717) is 17.8 Å². The second kappa shape index (κ2) is 5.38.